The highest BCUT2D eigenvalue weighted by molar-refractivity contribution is 7.99. The number of likely N-dealkylation sites (tertiary alicyclic amines) is 1. The van der Waals surface area contributed by atoms with Crippen molar-refractivity contribution >= 4 is 50.6 Å². The first-order chi connectivity index (χ1) is 16.2. The fourth-order valence-electron chi connectivity index (χ4n) is 4.45. The molecule has 0 unspecified atom stereocenters. The molecule has 6 nitrogen and oxygen atoms in total. The number of thiophene rings is 1. The van der Waals surface area contributed by atoms with Gasteiger partial charge in [0.15, 0.2) is 5.16 Å². The van der Waals surface area contributed by atoms with Gasteiger partial charge in [0.1, 0.15) is 5.82 Å². The Hall–Kier alpha value is -2.23. The lowest BCUT2D eigenvalue weighted by Gasteiger charge is -2.31. The number of nitrogens with zero attached hydrogens (tertiary/aromatic N) is 5. The number of thiazole rings is 1. The number of piperidine rings is 1. The molecule has 9 heteroatoms. The van der Waals surface area contributed by atoms with E-state index in [9.17, 15) is 4.79 Å². The maximum Gasteiger partial charge on any atom is 0.233 e. The molecular formula is C24H25N5OS3. The Morgan fingerprint density at radius 2 is 1.91 bits per heavy atom. The number of thioether (sulfide) groups is 1. The molecule has 1 aliphatic carbocycles. The number of carbonyl (C=O) groups is 1. The molecular weight excluding hydrogens is 470 g/mol. The number of amides is 1. The van der Waals surface area contributed by atoms with E-state index in [1.807, 2.05) is 11.0 Å². The summed E-state index contributed by atoms with van der Waals surface area (Å²) in [6, 6.07) is 13.0. The quantitative estimate of drug-likeness (QED) is 0.322. The molecule has 2 fully saturated rings. The van der Waals surface area contributed by atoms with Crippen LogP contribution in [-0.4, -0.2) is 49.4 Å². The molecule has 1 aromatic carbocycles. The fraction of sp³-hybridized carbons (Fsp3) is 0.417. The lowest BCUT2D eigenvalue weighted by atomic mass is 9.97. The van der Waals surface area contributed by atoms with E-state index < -0.39 is 0 Å². The largest absolute Gasteiger partial charge is 0.342 e. The summed E-state index contributed by atoms with van der Waals surface area (Å²) in [4.78, 5) is 21.1. The van der Waals surface area contributed by atoms with Crippen LogP contribution in [0, 0.1) is 0 Å². The number of fused-ring (bicyclic) bond motifs is 1. The van der Waals surface area contributed by atoms with Gasteiger partial charge in [0.05, 0.1) is 21.0 Å². The predicted molar refractivity (Wildman–Crippen MR) is 134 cm³/mol. The van der Waals surface area contributed by atoms with Crippen molar-refractivity contribution in [2.45, 2.75) is 49.2 Å². The van der Waals surface area contributed by atoms with Crippen LogP contribution in [0.5, 0.6) is 0 Å². The second kappa shape index (κ2) is 9.19. The molecule has 0 N–H and O–H groups in total. The van der Waals surface area contributed by atoms with Crippen LogP contribution in [0.15, 0.2) is 46.9 Å². The number of benzene rings is 1. The summed E-state index contributed by atoms with van der Waals surface area (Å²) in [6.07, 6.45) is 5.14. The lowest BCUT2D eigenvalue weighted by Crippen LogP contribution is -2.39. The van der Waals surface area contributed by atoms with E-state index >= 15 is 0 Å². The van der Waals surface area contributed by atoms with Crippen molar-refractivity contribution in [1.82, 2.24) is 24.6 Å². The second-order valence-corrected chi connectivity index (χ2v) is 11.8. The molecule has 1 aliphatic heterocycles. The van der Waals surface area contributed by atoms with E-state index in [1.165, 1.54) is 27.4 Å². The highest BCUT2D eigenvalue weighted by Crippen LogP contribution is 2.39. The van der Waals surface area contributed by atoms with Crippen molar-refractivity contribution in [3.8, 4) is 0 Å². The number of hydrogen-bond acceptors (Lipinski definition) is 7. The van der Waals surface area contributed by atoms with Crippen molar-refractivity contribution < 1.29 is 4.79 Å². The minimum atomic E-state index is 0.202. The number of para-hydroxylation sites is 1. The van der Waals surface area contributed by atoms with Gasteiger partial charge in [0.2, 0.25) is 5.91 Å². The van der Waals surface area contributed by atoms with Crippen molar-refractivity contribution in [3.63, 3.8) is 0 Å². The van der Waals surface area contributed by atoms with Crippen LogP contribution in [-0.2, 0) is 11.2 Å². The zero-order chi connectivity index (χ0) is 22.2. The summed E-state index contributed by atoms with van der Waals surface area (Å²) < 4.78 is 3.53. The van der Waals surface area contributed by atoms with E-state index in [4.69, 9.17) is 4.98 Å². The van der Waals surface area contributed by atoms with Gasteiger partial charge in [-0.15, -0.1) is 32.9 Å². The molecule has 3 aromatic heterocycles. The summed E-state index contributed by atoms with van der Waals surface area (Å²) in [6.45, 7) is 1.61. The number of aromatic nitrogens is 4. The van der Waals surface area contributed by atoms with Crippen LogP contribution in [0.2, 0.25) is 0 Å². The first-order valence-electron chi connectivity index (χ1n) is 11.5. The number of hydrogen-bond donors (Lipinski definition) is 0. The van der Waals surface area contributed by atoms with Gasteiger partial charge in [-0.1, -0.05) is 30.0 Å². The van der Waals surface area contributed by atoms with E-state index in [2.05, 4.69) is 50.5 Å². The first kappa shape index (κ1) is 21.3. The Labute approximate surface area is 205 Å². The van der Waals surface area contributed by atoms with Gasteiger partial charge in [0, 0.05) is 36.3 Å². The third-order valence-corrected chi connectivity index (χ3v) is 9.39. The minimum Gasteiger partial charge on any atom is -0.342 e. The monoisotopic (exact) mass is 495 g/mol. The average Bonchev–Trinajstić information content (AvgIpc) is 3.23. The zero-order valence-electron chi connectivity index (χ0n) is 18.2. The number of rotatable bonds is 7. The normalized spacial score (nSPS) is 17.2. The topological polar surface area (TPSA) is 63.9 Å². The lowest BCUT2D eigenvalue weighted by molar-refractivity contribution is -0.129. The zero-order valence-corrected chi connectivity index (χ0v) is 20.7. The molecule has 4 aromatic rings. The Kier molecular flexibility index (Phi) is 5.94. The Morgan fingerprint density at radius 1 is 1.06 bits per heavy atom. The molecule has 1 amide bonds. The molecule has 0 bridgehead atoms. The van der Waals surface area contributed by atoms with Gasteiger partial charge in [-0.2, -0.15) is 0 Å². The van der Waals surface area contributed by atoms with Gasteiger partial charge < -0.3 is 9.47 Å². The maximum atomic E-state index is 13.0. The van der Waals surface area contributed by atoms with E-state index in [-0.39, 0.29) is 5.91 Å². The summed E-state index contributed by atoms with van der Waals surface area (Å²) >= 11 is 5.09. The molecule has 33 heavy (non-hydrogen) atoms. The molecule has 0 atom stereocenters. The Bertz CT molecular complexity index is 1220. The van der Waals surface area contributed by atoms with E-state index in [0.29, 0.717) is 17.7 Å². The van der Waals surface area contributed by atoms with Crippen molar-refractivity contribution in [1.29, 1.82) is 0 Å². The Morgan fingerprint density at radius 3 is 2.67 bits per heavy atom. The number of carbonyl (C=O) groups excluding carboxylic acids is 1. The van der Waals surface area contributed by atoms with Crippen LogP contribution >= 0.6 is 34.4 Å². The molecule has 1 saturated heterocycles. The maximum absolute atomic E-state index is 13.0. The van der Waals surface area contributed by atoms with Crippen LogP contribution in [0.4, 0.5) is 0 Å². The molecule has 2 aliphatic rings. The van der Waals surface area contributed by atoms with E-state index in [1.54, 1.807) is 34.4 Å². The van der Waals surface area contributed by atoms with E-state index in [0.717, 1.165) is 48.8 Å². The third kappa shape index (κ3) is 4.58. The van der Waals surface area contributed by atoms with Crippen LogP contribution in [0.3, 0.4) is 0 Å². The molecule has 0 radical (unpaired) electrons. The summed E-state index contributed by atoms with van der Waals surface area (Å²) in [5.41, 5.74) is 1.09. The van der Waals surface area contributed by atoms with Crippen LogP contribution < -0.4 is 0 Å². The smallest absolute Gasteiger partial charge is 0.233 e. The highest BCUT2D eigenvalue weighted by atomic mass is 32.2. The summed E-state index contributed by atoms with van der Waals surface area (Å²) in [5.74, 6) is 2.10. The predicted octanol–water partition coefficient (Wildman–Crippen LogP) is 5.37. The minimum absolute atomic E-state index is 0.202. The molecule has 1 saturated carbocycles. The summed E-state index contributed by atoms with van der Waals surface area (Å²) in [7, 11) is 0. The molecule has 170 valence electrons. The second-order valence-electron chi connectivity index (χ2n) is 8.72. The Balaban J connectivity index is 1.06. The molecule has 6 rings (SSSR count). The standard InChI is InChI=1S/C24H25N5OS3/c30-22(28-11-9-16(10-12-28)23-25-19-5-1-2-6-20(19)33-23)15-32-24-27-26-21(29(24)17-7-8-17)14-18-4-3-13-31-18/h1-6,13,16-17H,7-12,14-15H2. The van der Waals surface area contributed by atoms with Crippen LogP contribution in [0.25, 0.3) is 10.2 Å². The van der Waals surface area contributed by atoms with Crippen molar-refractivity contribution in [2.75, 3.05) is 18.8 Å². The first-order valence-corrected chi connectivity index (χ1v) is 14.1. The molecule has 4 heterocycles. The molecule has 0 spiro atoms. The van der Waals surface area contributed by atoms with Crippen molar-refractivity contribution in [3.05, 3.63) is 57.5 Å². The summed E-state index contributed by atoms with van der Waals surface area (Å²) in [5, 5.41) is 13.1. The van der Waals surface area contributed by atoms with Gasteiger partial charge in [-0.3, -0.25) is 4.79 Å². The van der Waals surface area contributed by atoms with Gasteiger partial charge >= 0.3 is 0 Å². The van der Waals surface area contributed by atoms with Crippen molar-refractivity contribution in [2.24, 2.45) is 0 Å². The van der Waals surface area contributed by atoms with Gasteiger partial charge in [-0.25, -0.2) is 4.98 Å². The average molecular weight is 496 g/mol. The third-order valence-electron chi connectivity index (χ3n) is 6.39. The fourth-order valence-corrected chi connectivity index (χ4v) is 7.22. The SMILES string of the molecule is O=C(CSc1nnc(Cc2cccs2)n1C1CC1)N1CCC(c2nc3ccccc3s2)CC1. The van der Waals surface area contributed by atoms with Gasteiger partial charge in [-0.05, 0) is 49.3 Å². The van der Waals surface area contributed by atoms with Gasteiger partial charge in [0.25, 0.3) is 0 Å². The van der Waals surface area contributed by atoms with Crippen LogP contribution in [0.1, 0.15) is 53.4 Å². The highest BCUT2D eigenvalue weighted by Gasteiger charge is 2.31.